The SMILES string of the molecule is CCc1cc2cc(S(C)=O)cc(-c3cc(C)c(=O)n(C)c3)c2o1. The van der Waals surface area contributed by atoms with Crippen LogP contribution >= 0.6 is 0 Å². The van der Waals surface area contributed by atoms with Gasteiger partial charge >= 0.3 is 0 Å². The molecule has 0 aliphatic heterocycles. The van der Waals surface area contributed by atoms with Crippen LogP contribution in [0.4, 0.5) is 0 Å². The number of hydrogen-bond donors (Lipinski definition) is 0. The predicted octanol–water partition coefficient (Wildman–Crippen LogP) is 3.41. The van der Waals surface area contributed by atoms with Crippen molar-refractivity contribution in [1.29, 1.82) is 0 Å². The fraction of sp³-hybridized carbons (Fsp3) is 0.278. The lowest BCUT2D eigenvalue weighted by Gasteiger charge is -2.09. The highest BCUT2D eigenvalue weighted by atomic mass is 32.2. The van der Waals surface area contributed by atoms with Crippen molar-refractivity contribution in [3.8, 4) is 11.1 Å². The van der Waals surface area contributed by atoms with Gasteiger partial charge in [-0.2, -0.15) is 0 Å². The summed E-state index contributed by atoms with van der Waals surface area (Å²) in [5, 5.41) is 0.941. The number of pyridine rings is 1. The quantitative estimate of drug-likeness (QED) is 0.740. The zero-order valence-corrected chi connectivity index (χ0v) is 14.5. The molecule has 0 amide bonds. The molecule has 0 aliphatic carbocycles. The monoisotopic (exact) mass is 329 g/mol. The van der Waals surface area contributed by atoms with Gasteiger partial charge in [-0.25, -0.2) is 0 Å². The molecule has 3 aromatic rings. The number of nitrogens with zero attached hydrogens (tertiary/aromatic N) is 1. The van der Waals surface area contributed by atoms with Gasteiger partial charge in [0, 0.05) is 63.7 Å². The number of benzene rings is 1. The third kappa shape index (κ3) is 2.77. The van der Waals surface area contributed by atoms with Gasteiger partial charge < -0.3 is 8.98 Å². The first-order valence-electron chi connectivity index (χ1n) is 7.48. The molecule has 2 heterocycles. The van der Waals surface area contributed by atoms with E-state index in [9.17, 15) is 9.00 Å². The minimum absolute atomic E-state index is 0.0195. The zero-order chi connectivity index (χ0) is 16.7. The van der Waals surface area contributed by atoms with Gasteiger partial charge in [-0.05, 0) is 31.2 Å². The molecule has 0 aliphatic rings. The molecule has 0 spiro atoms. The number of hydrogen-bond acceptors (Lipinski definition) is 3. The van der Waals surface area contributed by atoms with E-state index in [-0.39, 0.29) is 5.56 Å². The van der Waals surface area contributed by atoms with Gasteiger partial charge in [0.1, 0.15) is 11.3 Å². The smallest absolute Gasteiger partial charge is 0.253 e. The maximum Gasteiger partial charge on any atom is 0.253 e. The minimum Gasteiger partial charge on any atom is -0.460 e. The summed E-state index contributed by atoms with van der Waals surface area (Å²) in [5.41, 5.74) is 3.18. The van der Waals surface area contributed by atoms with E-state index in [4.69, 9.17) is 4.42 Å². The summed E-state index contributed by atoms with van der Waals surface area (Å²) in [6.07, 6.45) is 4.25. The summed E-state index contributed by atoms with van der Waals surface area (Å²) >= 11 is 0. The predicted molar refractivity (Wildman–Crippen MR) is 93.3 cm³/mol. The molecule has 1 atom stereocenters. The highest BCUT2D eigenvalue weighted by Crippen LogP contribution is 2.33. The molecule has 23 heavy (non-hydrogen) atoms. The van der Waals surface area contributed by atoms with Crippen LogP contribution in [0.2, 0.25) is 0 Å². The van der Waals surface area contributed by atoms with Crippen LogP contribution in [0.25, 0.3) is 22.1 Å². The molecule has 0 saturated heterocycles. The van der Waals surface area contributed by atoms with Gasteiger partial charge in [0.15, 0.2) is 0 Å². The standard InChI is InChI=1S/C18H19NO3S/c1-5-14-7-12-8-15(23(4)21)9-16(17(12)22-14)13-6-11(2)18(20)19(3)10-13/h6-10H,5H2,1-4H3. The van der Waals surface area contributed by atoms with E-state index >= 15 is 0 Å². The molecule has 5 heteroatoms. The Kier molecular flexibility index (Phi) is 3.98. The molecule has 0 N–H and O–H groups in total. The minimum atomic E-state index is -1.09. The molecule has 3 rings (SSSR count). The lowest BCUT2D eigenvalue weighted by atomic mass is 10.0. The van der Waals surface area contributed by atoms with Crippen LogP contribution in [-0.2, 0) is 24.3 Å². The zero-order valence-electron chi connectivity index (χ0n) is 13.7. The van der Waals surface area contributed by atoms with Gasteiger partial charge in [0.25, 0.3) is 5.56 Å². The average molecular weight is 329 g/mol. The highest BCUT2D eigenvalue weighted by Gasteiger charge is 2.14. The van der Waals surface area contributed by atoms with E-state index in [1.807, 2.05) is 31.2 Å². The van der Waals surface area contributed by atoms with Crippen LogP contribution < -0.4 is 5.56 Å². The van der Waals surface area contributed by atoms with E-state index in [0.717, 1.165) is 39.2 Å². The molecule has 1 unspecified atom stereocenters. The normalized spacial score (nSPS) is 12.7. The number of furan rings is 1. The highest BCUT2D eigenvalue weighted by molar-refractivity contribution is 7.84. The Labute approximate surface area is 137 Å². The van der Waals surface area contributed by atoms with Crippen molar-refractivity contribution >= 4 is 21.8 Å². The second-order valence-corrected chi connectivity index (χ2v) is 7.12. The van der Waals surface area contributed by atoms with Crippen molar-refractivity contribution < 1.29 is 8.63 Å². The fourth-order valence-corrected chi connectivity index (χ4v) is 3.34. The fourth-order valence-electron chi connectivity index (χ4n) is 2.76. The Hall–Kier alpha value is -2.14. The molecule has 0 fully saturated rings. The van der Waals surface area contributed by atoms with Crippen LogP contribution in [0.15, 0.2) is 44.6 Å². The maximum absolute atomic E-state index is 12.0. The lowest BCUT2D eigenvalue weighted by molar-refractivity contribution is 0.558. The number of aryl methyl sites for hydroxylation is 3. The largest absolute Gasteiger partial charge is 0.460 e. The van der Waals surface area contributed by atoms with Gasteiger partial charge in [-0.15, -0.1) is 0 Å². The average Bonchev–Trinajstić information content (AvgIpc) is 2.94. The molecule has 0 bridgehead atoms. The Bertz CT molecular complexity index is 956. The molecule has 0 saturated carbocycles. The van der Waals surface area contributed by atoms with Gasteiger partial charge in [-0.1, -0.05) is 6.92 Å². The van der Waals surface area contributed by atoms with E-state index in [2.05, 4.69) is 0 Å². The van der Waals surface area contributed by atoms with Crippen LogP contribution in [-0.4, -0.2) is 15.0 Å². The first kappa shape index (κ1) is 15.7. The van der Waals surface area contributed by atoms with Crippen molar-refractivity contribution in [2.75, 3.05) is 6.26 Å². The summed E-state index contributed by atoms with van der Waals surface area (Å²) in [6, 6.07) is 7.64. The van der Waals surface area contributed by atoms with Crippen LogP contribution in [0.5, 0.6) is 0 Å². The van der Waals surface area contributed by atoms with E-state index in [1.54, 1.807) is 31.0 Å². The van der Waals surface area contributed by atoms with Crippen molar-refractivity contribution in [2.24, 2.45) is 7.05 Å². The first-order valence-corrected chi connectivity index (χ1v) is 9.04. The third-order valence-electron chi connectivity index (χ3n) is 3.99. The van der Waals surface area contributed by atoms with E-state index < -0.39 is 10.8 Å². The number of rotatable bonds is 3. The number of aromatic nitrogens is 1. The molecule has 120 valence electrons. The van der Waals surface area contributed by atoms with Crippen LogP contribution in [0.1, 0.15) is 18.2 Å². The lowest BCUT2D eigenvalue weighted by Crippen LogP contribution is -2.18. The van der Waals surface area contributed by atoms with Crippen molar-refractivity contribution in [2.45, 2.75) is 25.2 Å². The molecule has 0 radical (unpaired) electrons. The molecular weight excluding hydrogens is 310 g/mol. The van der Waals surface area contributed by atoms with Crippen LogP contribution in [0.3, 0.4) is 0 Å². The Balaban J connectivity index is 2.36. The van der Waals surface area contributed by atoms with E-state index in [1.165, 1.54) is 0 Å². The summed E-state index contributed by atoms with van der Waals surface area (Å²) in [6.45, 7) is 3.83. The molecular formula is C18H19NO3S. The molecule has 1 aromatic carbocycles. The molecule has 2 aromatic heterocycles. The maximum atomic E-state index is 12.0. The summed E-state index contributed by atoms with van der Waals surface area (Å²) in [7, 11) is 0.647. The second-order valence-electron chi connectivity index (χ2n) is 5.74. The summed E-state index contributed by atoms with van der Waals surface area (Å²) < 4.78 is 19.5. The first-order chi connectivity index (χ1) is 10.9. The molecule has 4 nitrogen and oxygen atoms in total. The van der Waals surface area contributed by atoms with Gasteiger partial charge in [-0.3, -0.25) is 9.00 Å². The Morgan fingerprint density at radius 2 is 1.96 bits per heavy atom. The van der Waals surface area contributed by atoms with Crippen molar-refractivity contribution in [1.82, 2.24) is 4.57 Å². The van der Waals surface area contributed by atoms with Crippen molar-refractivity contribution in [3.05, 3.63) is 52.1 Å². The number of fused-ring (bicyclic) bond motifs is 1. The van der Waals surface area contributed by atoms with Crippen LogP contribution in [0, 0.1) is 6.92 Å². The summed E-state index contributed by atoms with van der Waals surface area (Å²) in [5.74, 6) is 0.891. The van der Waals surface area contributed by atoms with Gasteiger partial charge in [0.2, 0.25) is 0 Å². The Morgan fingerprint density at radius 1 is 1.22 bits per heavy atom. The second kappa shape index (κ2) is 5.81. The Morgan fingerprint density at radius 3 is 2.57 bits per heavy atom. The van der Waals surface area contributed by atoms with E-state index in [0.29, 0.717) is 5.56 Å². The van der Waals surface area contributed by atoms with Gasteiger partial charge in [0.05, 0.1) is 0 Å². The topological polar surface area (TPSA) is 52.2 Å². The van der Waals surface area contributed by atoms with Crippen molar-refractivity contribution in [3.63, 3.8) is 0 Å². The summed E-state index contributed by atoms with van der Waals surface area (Å²) in [4.78, 5) is 12.7. The third-order valence-corrected chi connectivity index (χ3v) is 4.89.